The highest BCUT2D eigenvalue weighted by atomic mass is 19.1. The fourth-order valence-electron chi connectivity index (χ4n) is 3.79. The minimum absolute atomic E-state index is 0.296. The van der Waals surface area contributed by atoms with E-state index in [4.69, 9.17) is 9.72 Å². The van der Waals surface area contributed by atoms with Crippen LogP contribution < -0.4 is 15.4 Å². The smallest absolute Gasteiger partial charge is 0.229 e. The van der Waals surface area contributed by atoms with Crippen molar-refractivity contribution in [2.45, 2.75) is 32.2 Å². The van der Waals surface area contributed by atoms with Gasteiger partial charge < -0.3 is 20.4 Å². The molecule has 3 heterocycles. The molecule has 1 fully saturated rings. The van der Waals surface area contributed by atoms with Gasteiger partial charge in [-0.1, -0.05) is 13.8 Å². The molecule has 3 aromatic rings. The SMILES string of the molecule is CCC(C)c1nc(Nc2ccc(NC3CN(CCF)C3)cc2OC)nc2[nH]ccc12. The number of halogens is 1. The van der Waals surface area contributed by atoms with E-state index in [2.05, 4.69) is 39.3 Å². The van der Waals surface area contributed by atoms with Crippen LogP contribution in [0.25, 0.3) is 11.0 Å². The topological polar surface area (TPSA) is 78.1 Å². The third kappa shape index (κ3) is 4.18. The van der Waals surface area contributed by atoms with Crippen molar-refractivity contribution >= 4 is 28.4 Å². The molecule has 8 heteroatoms. The van der Waals surface area contributed by atoms with Gasteiger partial charge in [0.1, 0.15) is 18.1 Å². The largest absolute Gasteiger partial charge is 0.494 e. The van der Waals surface area contributed by atoms with E-state index in [0.717, 1.165) is 47.6 Å². The summed E-state index contributed by atoms with van der Waals surface area (Å²) in [6, 6.07) is 8.28. The van der Waals surface area contributed by atoms with Crippen molar-refractivity contribution in [3.8, 4) is 5.75 Å². The van der Waals surface area contributed by atoms with E-state index >= 15 is 0 Å². The summed E-state index contributed by atoms with van der Waals surface area (Å²) in [5, 5.41) is 7.85. The van der Waals surface area contributed by atoms with Crippen LogP contribution in [0.1, 0.15) is 31.9 Å². The van der Waals surface area contributed by atoms with Gasteiger partial charge in [-0.3, -0.25) is 4.90 Å². The number of ether oxygens (including phenoxy) is 1. The lowest BCUT2D eigenvalue weighted by molar-refractivity contribution is 0.150. The highest BCUT2D eigenvalue weighted by molar-refractivity contribution is 5.80. The molecular weight excluding hydrogens is 383 g/mol. The molecule has 0 aliphatic carbocycles. The molecule has 0 spiro atoms. The average Bonchev–Trinajstić information content (AvgIpc) is 3.20. The fourth-order valence-corrected chi connectivity index (χ4v) is 3.79. The Labute approximate surface area is 176 Å². The highest BCUT2D eigenvalue weighted by Crippen LogP contribution is 2.32. The summed E-state index contributed by atoms with van der Waals surface area (Å²) >= 11 is 0. The van der Waals surface area contributed by atoms with Crippen LogP contribution in [0.4, 0.5) is 21.7 Å². The van der Waals surface area contributed by atoms with Crippen LogP contribution in [0.3, 0.4) is 0 Å². The molecule has 0 saturated carbocycles. The van der Waals surface area contributed by atoms with E-state index in [1.165, 1.54) is 0 Å². The second kappa shape index (κ2) is 8.87. The molecule has 30 heavy (non-hydrogen) atoms. The molecule has 4 rings (SSSR count). The number of hydrogen-bond acceptors (Lipinski definition) is 6. The van der Waals surface area contributed by atoms with Crippen molar-refractivity contribution in [2.75, 3.05) is 44.1 Å². The summed E-state index contributed by atoms with van der Waals surface area (Å²) in [5.41, 5.74) is 3.63. The molecule has 7 nitrogen and oxygen atoms in total. The first-order valence-corrected chi connectivity index (χ1v) is 10.5. The molecule has 1 aliphatic rings. The third-order valence-corrected chi connectivity index (χ3v) is 5.70. The van der Waals surface area contributed by atoms with Gasteiger partial charge in [-0.15, -0.1) is 0 Å². The van der Waals surface area contributed by atoms with E-state index in [1.54, 1.807) is 7.11 Å². The molecule has 1 saturated heterocycles. The Balaban J connectivity index is 1.52. The molecule has 1 aromatic carbocycles. The Morgan fingerprint density at radius 2 is 2.13 bits per heavy atom. The quantitative estimate of drug-likeness (QED) is 0.487. The first-order chi connectivity index (χ1) is 14.6. The van der Waals surface area contributed by atoms with Crippen LogP contribution in [0.15, 0.2) is 30.5 Å². The first-order valence-electron chi connectivity index (χ1n) is 10.5. The first kappa shape index (κ1) is 20.4. The summed E-state index contributed by atoms with van der Waals surface area (Å²) in [7, 11) is 1.65. The van der Waals surface area contributed by atoms with Crippen LogP contribution >= 0.6 is 0 Å². The second-order valence-electron chi connectivity index (χ2n) is 7.81. The maximum atomic E-state index is 12.4. The van der Waals surface area contributed by atoms with E-state index in [1.807, 2.05) is 30.5 Å². The van der Waals surface area contributed by atoms with Gasteiger partial charge >= 0.3 is 0 Å². The normalized spacial score (nSPS) is 15.7. The van der Waals surface area contributed by atoms with Crippen LogP contribution in [-0.4, -0.2) is 59.3 Å². The molecule has 1 aliphatic heterocycles. The van der Waals surface area contributed by atoms with Crippen molar-refractivity contribution in [2.24, 2.45) is 0 Å². The van der Waals surface area contributed by atoms with Gasteiger partial charge in [0.15, 0.2) is 0 Å². The van der Waals surface area contributed by atoms with Gasteiger partial charge in [-0.2, -0.15) is 4.98 Å². The van der Waals surface area contributed by atoms with Crippen LogP contribution in [0, 0.1) is 0 Å². The summed E-state index contributed by atoms with van der Waals surface area (Å²) in [6.45, 7) is 6.26. The number of rotatable bonds is 9. The Morgan fingerprint density at radius 3 is 2.87 bits per heavy atom. The summed E-state index contributed by atoms with van der Waals surface area (Å²) in [4.78, 5) is 14.7. The van der Waals surface area contributed by atoms with E-state index in [0.29, 0.717) is 30.2 Å². The zero-order valence-electron chi connectivity index (χ0n) is 17.7. The number of likely N-dealkylation sites (tertiary alicyclic amines) is 1. The minimum Gasteiger partial charge on any atom is -0.494 e. The summed E-state index contributed by atoms with van der Waals surface area (Å²) < 4.78 is 18.0. The number of methoxy groups -OCH3 is 1. The lowest BCUT2D eigenvalue weighted by Crippen LogP contribution is -2.55. The molecule has 0 amide bonds. The standard InChI is InChI=1S/C22H29FN6O/c1-4-14(2)20-17-7-9-24-21(17)28-22(27-20)26-18-6-5-15(11-19(18)30-3)25-16-12-29(13-16)10-8-23/h5-7,9,11,14,16,25H,4,8,10,12-13H2,1-3H3,(H2,24,26,27,28). The third-order valence-electron chi connectivity index (χ3n) is 5.70. The summed E-state index contributed by atoms with van der Waals surface area (Å²) in [6.07, 6.45) is 2.90. The number of fused-ring (bicyclic) bond motifs is 1. The molecule has 160 valence electrons. The van der Waals surface area contributed by atoms with Gasteiger partial charge in [0.2, 0.25) is 5.95 Å². The molecule has 0 radical (unpaired) electrons. The molecule has 1 atom stereocenters. The van der Waals surface area contributed by atoms with Crippen molar-refractivity contribution in [3.05, 3.63) is 36.2 Å². The Morgan fingerprint density at radius 1 is 1.30 bits per heavy atom. The number of hydrogen-bond donors (Lipinski definition) is 3. The van der Waals surface area contributed by atoms with Gasteiger partial charge in [0, 0.05) is 43.0 Å². The lowest BCUT2D eigenvalue weighted by Gasteiger charge is -2.39. The molecule has 3 N–H and O–H groups in total. The predicted molar refractivity (Wildman–Crippen MR) is 119 cm³/mol. The zero-order chi connectivity index (χ0) is 21.1. The lowest BCUT2D eigenvalue weighted by atomic mass is 10.0. The minimum atomic E-state index is -0.296. The Kier molecular flexibility index (Phi) is 6.03. The molecule has 2 aromatic heterocycles. The van der Waals surface area contributed by atoms with Gasteiger partial charge in [-0.05, 0) is 30.5 Å². The van der Waals surface area contributed by atoms with E-state index in [-0.39, 0.29) is 6.67 Å². The number of benzene rings is 1. The van der Waals surface area contributed by atoms with Crippen LogP contribution in [0.2, 0.25) is 0 Å². The summed E-state index contributed by atoms with van der Waals surface area (Å²) in [5.74, 6) is 1.58. The molecule has 1 unspecified atom stereocenters. The number of anilines is 3. The van der Waals surface area contributed by atoms with Crippen molar-refractivity contribution in [3.63, 3.8) is 0 Å². The number of aromatic nitrogens is 3. The van der Waals surface area contributed by atoms with Crippen molar-refractivity contribution in [1.29, 1.82) is 0 Å². The number of nitrogens with zero attached hydrogens (tertiary/aromatic N) is 3. The van der Waals surface area contributed by atoms with Crippen molar-refractivity contribution < 1.29 is 9.13 Å². The fraction of sp³-hybridized carbons (Fsp3) is 0.455. The second-order valence-corrected chi connectivity index (χ2v) is 7.81. The Hall–Kier alpha value is -2.87. The number of nitrogens with one attached hydrogen (secondary N) is 3. The highest BCUT2D eigenvalue weighted by Gasteiger charge is 2.26. The van der Waals surface area contributed by atoms with Gasteiger partial charge in [0.05, 0.1) is 24.5 Å². The number of alkyl halides is 1. The van der Waals surface area contributed by atoms with Crippen molar-refractivity contribution in [1.82, 2.24) is 19.9 Å². The Bertz CT molecular complexity index is 1000. The van der Waals surface area contributed by atoms with Crippen LogP contribution in [-0.2, 0) is 0 Å². The number of aromatic amines is 1. The predicted octanol–water partition coefficient (Wildman–Crippen LogP) is 4.29. The molecular formula is C22H29FN6O. The van der Waals surface area contributed by atoms with E-state index < -0.39 is 0 Å². The maximum Gasteiger partial charge on any atom is 0.229 e. The maximum absolute atomic E-state index is 12.4. The van der Waals surface area contributed by atoms with E-state index in [9.17, 15) is 4.39 Å². The number of H-pyrrole nitrogens is 1. The zero-order valence-corrected chi connectivity index (χ0v) is 17.7. The van der Waals surface area contributed by atoms with Gasteiger partial charge in [-0.25, -0.2) is 9.37 Å². The average molecular weight is 413 g/mol. The van der Waals surface area contributed by atoms with Gasteiger partial charge in [0.25, 0.3) is 0 Å². The monoisotopic (exact) mass is 412 g/mol. The molecule has 0 bridgehead atoms. The van der Waals surface area contributed by atoms with Crippen LogP contribution in [0.5, 0.6) is 5.75 Å².